The number of rotatable bonds is 6. The number of halogens is 2. The second kappa shape index (κ2) is 12.3. The van der Waals surface area contributed by atoms with Crippen LogP contribution in [0.25, 0.3) is 11.1 Å². The van der Waals surface area contributed by atoms with Gasteiger partial charge in [-0.15, -0.1) is 0 Å². The maximum absolute atomic E-state index is 16.9. The van der Waals surface area contributed by atoms with Crippen molar-refractivity contribution in [2.24, 2.45) is 0 Å². The zero-order valence-corrected chi connectivity index (χ0v) is 25.6. The Kier molecular flexibility index (Phi) is 8.62. The number of carbonyl (C=O) groups excluding carboxylic acids is 1. The lowest BCUT2D eigenvalue weighted by Gasteiger charge is -2.44. The predicted molar refractivity (Wildman–Crippen MR) is 171 cm³/mol. The monoisotopic (exact) mass is 619 g/mol. The van der Waals surface area contributed by atoms with Gasteiger partial charge in [0.2, 0.25) is 5.91 Å². The second-order valence-electron chi connectivity index (χ2n) is 11.0. The molecule has 2 unspecified atom stereocenters. The van der Waals surface area contributed by atoms with Gasteiger partial charge in [-0.2, -0.15) is 0 Å². The summed E-state index contributed by atoms with van der Waals surface area (Å²) < 4.78 is 23.0. The Hall–Kier alpha value is -4.48. The fourth-order valence-corrected chi connectivity index (χ4v) is 6.27. The minimum Gasteiger partial charge on any atom is -0.490 e. The molecule has 0 radical (unpaired) electrons. The minimum atomic E-state index is -0.950. The van der Waals surface area contributed by atoms with Crippen LogP contribution in [0.15, 0.2) is 37.1 Å². The van der Waals surface area contributed by atoms with Crippen LogP contribution in [0.4, 0.5) is 21.5 Å². The van der Waals surface area contributed by atoms with Gasteiger partial charge in [0.15, 0.2) is 11.6 Å². The van der Waals surface area contributed by atoms with Crippen molar-refractivity contribution in [3.8, 4) is 16.9 Å². The summed E-state index contributed by atoms with van der Waals surface area (Å²) >= 11 is 7.16. The van der Waals surface area contributed by atoms with E-state index in [2.05, 4.69) is 16.9 Å². The number of nitrogens with one attached hydrogen (secondary N) is 3. The molecule has 2 atom stereocenters. The highest BCUT2D eigenvalue weighted by Crippen LogP contribution is 2.49. The number of aliphatic hydroxyl groups is 1. The highest BCUT2D eigenvalue weighted by Gasteiger charge is 2.38. The predicted octanol–water partition coefficient (Wildman–Crippen LogP) is 5.34. The number of aliphatic hydroxyl groups excluding tert-OH is 1. The zero-order chi connectivity index (χ0) is 31.9. The lowest BCUT2D eigenvalue weighted by atomic mass is 9.90. The first kappa shape index (κ1) is 31.0. The number of nitrogen functional groups attached to an aromatic ring is 1. The van der Waals surface area contributed by atoms with E-state index in [0.717, 1.165) is 11.8 Å². The molecule has 12 heteroatoms. The summed E-state index contributed by atoms with van der Waals surface area (Å²) in [5.41, 5.74) is 9.55. The number of aryl methyl sites for hydroxylation is 2. The summed E-state index contributed by atoms with van der Waals surface area (Å²) in [5.74, 6) is -1.17. The summed E-state index contributed by atoms with van der Waals surface area (Å²) in [5, 5.41) is 31.3. The molecule has 1 aromatic heterocycles. The van der Waals surface area contributed by atoms with Crippen molar-refractivity contribution in [1.29, 1.82) is 10.8 Å². The number of nitrogens with two attached hydrogens (primary N) is 1. The smallest absolute Gasteiger partial charge is 0.246 e. The second-order valence-corrected chi connectivity index (χ2v) is 11.4. The van der Waals surface area contributed by atoms with E-state index < -0.39 is 11.9 Å². The van der Waals surface area contributed by atoms with E-state index in [1.165, 1.54) is 6.08 Å². The average Bonchev–Trinajstić information content (AvgIpc) is 3.00. The van der Waals surface area contributed by atoms with Crippen LogP contribution >= 0.6 is 11.6 Å². The molecule has 0 aliphatic carbocycles. The maximum atomic E-state index is 16.9. The van der Waals surface area contributed by atoms with Crippen molar-refractivity contribution >= 4 is 46.6 Å². The van der Waals surface area contributed by atoms with E-state index in [0.29, 0.717) is 54.1 Å². The number of benzene rings is 2. The summed E-state index contributed by atoms with van der Waals surface area (Å²) in [7, 11) is 0. The first-order valence-electron chi connectivity index (χ1n) is 14.2. The van der Waals surface area contributed by atoms with Crippen molar-refractivity contribution < 1.29 is 19.0 Å². The Balaban J connectivity index is 1.79. The maximum Gasteiger partial charge on any atom is 0.246 e. The quantitative estimate of drug-likeness (QED) is 0.142. The van der Waals surface area contributed by atoms with Gasteiger partial charge in [0.05, 0.1) is 46.4 Å². The van der Waals surface area contributed by atoms with Gasteiger partial charge in [0.1, 0.15) is 5.84 Å². The van der Waals surface area contributed by atoms with Crippen molar-refractivity contribution in [2.45, 2.75) is 39.3 Å². The Morgan fingerprint density at radius 2 is 2.00 bits per heavy atom. The number of piperazine rings is 1. The third kappa shape index (κ3) is 5.26. The molecule has 230 valence electrons. The number of pyridine rings is 1. The van der Waals surface area contributed by atoms with E-state index in [1.807, 2.05) is 11.8 Å². The number of ether oxygens (including phenoxy) is 1. The molecule has 0 bridgehead atoms. The summed E-state index contributed by atoms with van der Waals surface area (Å²) in [6, 6.07) is 4.87. The van der Waals surface area contributed by atoms with Crippen LogP contribution in [0, 0.1) is 30.5 Å². The molecule has 44 heavy (non-hydrogen) atoms. The van der Waals surface area contributed by atoms with Crippen LogP contribution in [0.3, 0.4) is 0 Å². The molecule has 1 fully saturated rings. The van der Waals surface area contributed by atoms with E-state index in [1.54, 1.807) is 43.1 Å². The van der Waals surface area contributed by atoms with Crippen LogP contribution in [0.1, 0.15) is 47.4 Å². The third-order valence-electron chi connectivity index (χ3n) is 8.24. The van der Waals surface area contributed by atoms with Gasteiger partial charge in [-0.3, -0.25) is 15.2 Å². The van der Waals surface area contributed by atoms with Crippen LogP contribution in [-0.2, 0) is 4.79 Å². The summed E-state index contributed by atoms with van der Waals surface area (Å²) in [6.07, 6.45) is 3.39. The molecule has 2 aromatic carbocycles. The largest absolute Gasteiger partial charge is 0.490 e. The topological polar surface area (TPSA) is 152 Å². The lowest BCUT2D eigenvalue weighted by Crippen LogP contribution is -2.57. The number of amides is 1. The molecule has 0 saturated carbocycles. The fourth-order valence-electron chi connectivity index (χ4n) is 5.95. The van der Waals surface area contributed by atoms with Gasteiger partial charge in [-0.1, -0.05) is 24.2 Å². The highest BCUT2D eigenvalue weighted by molar-refractivity contribution is 6.38. The minimum absolute atomic E-state index is 0.0253. The lowest BCUT2D eigenvalue weighted by molar-refractivity contribution is -0.128. The van der Waals surface area contributed by atoms with Gasteiger partial charge in [-0.05, 0) is 50.1 Å². The molecule has 6 N–H and O–H groups in total. The molecule has 0 spiro atoms. The zero-order valence-electron chi connectivity index (χ0n) is 24.8. The van der Waals surface area contributed by atoms with Crippen molar-refractivity contribution in [2.75, 3.05) is 37.3 Å². The molecular formula is C32H35ClFN7O3. The van der Waals surface area contributed by atoms with Gasteiger partial charge < -0.3 is 36.1 Å². The number of anilines is 3. The Morgan fingerprint density at radius 1 is 1.25 bits per heavy atom. The van der Waals surface area contributed by atoms with E-state index in [4.69, 9.17) is 27.5 Å². The van der Waals surface area contributed by atoms with Crippen molar-refractivity contribution in [1.82, 2.24) is 14.8 Å². The van der Waals surface area contributed by atoms with Gasteiger partial charge in [0.25, 0.3) is 0 Å². The molecule has 5 rings (SSSR count). The van der Waals surface area contributed by atoms with E-state index >= 15 is 4.39 Å². The van der Waals surface area contributed by atoms with Crippen molar-refractivity contribution in [3.05, 3.63) is 75.8 Å². The van der Waals surface area contributed by atoms with Crippen LogP contribution in [-0.4, -0.2) is 70.1 Å². The SMILES string of the molecule is C=CC(=O)N1CCN2C(=N)c3c(Nc4c(C)ccnc4C(C)O)c(Cl)c(-c4c(C)ccc(N)c4C=N)c(F)c3OCCC2C1. The Morgan fingerprint density at radius 3 is 2.68 bits per heavy atom. The molecule has 3 aromatic rings. The summed E-state index contributed by atoms with van der Waals surface area (Å²) in [4.78, 5) is 20.3. The van der Waals surface area contributed by atoms with Crippen molar-refractivity contribution in [3.63, 3.8) is 0 Å². The normalized spacial score (nSPS) is 17.0. The van der Waals surface area contributed by atoms with Crippen LogP contribution < -0.4 is 15.8 Å². The first-order valence-corrected chi connectivity index (χ1v) is 14.6. The first-order chi connectivity index (χ1) is 21.0. The van der Waals surface area contributed by atoms with Gasteiger partial charge >= 0.3 is 0 Å². The number of hydrogen-bond donors (Lipinski definition) is 5. The third-order valence-corrected chi connectivity index (χ3v) is 8.62. The number of amidine groups is 1. The molecule has 2 aliphatic rings. The summed E-state index contributed by atoms with van der Waals surface area (Å²) in [6.45, 7) is 9.93. The standard InChI is InChI=1S/C32H35ClFN7O3/c1-5-22(43)40-11-12-41-19(15-40)9-13-44-31-25(32(41)37)30(39-28-17(3)8-10-38-29(28)18(4)42)26(33)24(27(31)34)23-16(2)6-7-21(36)20(23)14-35/h5-8,10,14,18-19,35,37,39,42H,1,9,11-13,15,36H2,2-4H3. The molecule has 3 heterocycles. The van der Waals surface area contributed by atoms with E-state index in [-0.39, 0.29) is 57.7 Å². The molecule has 2 aliphatic heterocycles. The number of carbonyl (C=O) groups is 1. The number of nitrogens with zero attached hydrogens (tertiary/aromatic N) is 3. The Labute approximate surface area is 260 Å². The fraction of sp³-hybridized carbons (Fsp3) is 0.312. The Bertz CT molecular complexity index is 1690. The number of aromatic nitrogens is 1. The molecule has 1 saturated heterocycles. The van der Waals surface area contributed by atoms with Gasteiger partial charge in [-0.25, -0.2) is 4.39 Å². The molecule has 10 nitrogen and oxygen atoms in total. The van der Waals surface area contributed by atoms with Crippen LogP contribution in [0.2, 0.25) is 5.02 Å². The average molecular weight is 620 g/mol. The molecular weight excluding hydrogens is 585 g/mol. The van der Waals surface area contributed by atoms with Crippen LogP contribution in [0.5, 0.6) is 5.75 Å². The highest BCUT2D eigenvalue weighted by atomic mass is 35.5. The van der Waals surface area contributed by atoms with E-state index in [9.17, 15) is 15.3 Å². The number of hydrogen-bond acceptors (Lipinski definition) is 8. The van der Waals surface area contributed by atoms with Gasteiger partial charge in [0, 0.05) is 60.8 Å². The number of fused-ring (bicyclic) bond motifs is 2. The molecule has 1 amide bonds.